The summed E-state index contributed by atoms with van der Waals surface area (Å²) in [6.45, 7) is 7.47. The maximum absolute atomic E-state index is 12.1. The normalized spacial score (nSPS) is 26.7. The third kappa shape index (κ3) is 4.18. The quantitative estimate of drug-likeness (QED) is 0.767. The molecular weight excluding hydrogens is 238 g/mol. The van der Waals surface area contributed by atoms with Gasteiger partial charge in [-0.2, -0.15) is 0 Å². The smallest absolute Gasteiger partial charge is 0.237 e. The van der Waals surface area contributed by atoms with Crippen LogP contribution in [0, 0.1) is 0 Å². The van der Waals surface area contributed by atoms with Crippen LogP contribution in [0.25, 0.3) is 0 Å². The van der Waals surface area contributed by atoms with Crippen molar-refractivity contribution in [1.82, 2.24) is 15.5 Å². The fraction of sp³-hybridized carbons (Fsp3) is 0.933. The van der Waals surface area contributed by atoms with Gasteiger partial charge in [-0.15, -0.1) is 0 Å². The summed E-state index contributed by atoms with van der Waals surface area (Å²) in [4.78, 5) is 14.6. The summed E-state index contributed by atoms with van der Waals surface area (Å²) in [7, 11) is 0. The first-order chi connectivity index (χ1) is 9.20. The van der Waals surface area contributed by atoms with Gasteiger partial charge in [-0.3, -0.25) is 9.69 Å². The Balaban J connectivity index is 1.68. The molecule has 0 aromatic carbocycles. The van der Waals surface area contributed by atoms with Crippen LogP contribution in [0.3, 0.4) is 0 Å². The molecule has 0 bridgehead atoms. The van der Waals surface area contributed by atoms with Gasteiger partial charge in [-0.05, 0) is 45.7 Å². The van der Waals surface area contributed by atoms with Crippen molar-refractivity contribution in [2.45, 2.75) is 70.5 Å². The number of rotatable bonds is 6. The highest BCUT2D eigenvalue weighted by Gasteiger charge is 2.25. The average Bonchev–Trinajstić information content (AvgIpc) is 3.06. The minimum atomic E-state index is -0.0695. The number of likely N-dealkylation sites (tertiary alicyclic amines) is 1. The number of hydrogen-bond acceptors (Lipinski definition) is 3. The largest absolute Gasteiger partial charge is 0.352 e. The zero-order valence-corrected chi connectivity index (χ0v) is 12.5. The summed E-state index contributed by atoms with van der Waals surface area (Å²) < 4.78 is 0. The predicted octanol–water partition coefficient (Wildman–Crippen LogP) is 1.51. The Morgan fingerprint density at radius 1 is 1.26 bits per heavy atom. The number of nitrogens with one attached hydrogen (secondary N) is 2. The van der Waals surface area contributed by atoms with Crippen molar-refractivity contribution in [3.63, 3.8) is 0 Å². The summed E-state index contributed by atoms with van der Waals surface area (Å²) in [5.41, 5.74) is 0. The minimum Gasteiger partial charge on any atom is -0.352 e. The Labute approximate surface area is 117 Å². The van der Waals surface area contributed by atoms with Crippen molar-refractivity contribution in [3.8, 4) is 0 Å². The van der Waals surface area contributed by atoms with Crippen molar-refractivity contribution in [1.29, 1.82) is 0 Å². The first kappa shape index (κ1) is 14.8. The van der Waals surface area contributed by atoms with E-state index in [2.05, 4.69) is 22.5 Å². The summed E-state index contributed by atoms with van der Waals surface area (Å²) in [5.74, 6) is 0.174. The van der Waals surface area contributed by atoms with Gasteiger partial charge in [-0.1, -0.05) is 19.8 Å². The highest BCUT2D eigenvalue weighted by molar-refractivity contribution is 5.81. The molecule has 1 aliphatic heterocycles. The van der Waals surface area contributed by atoms with Gasteiger partial charge >= 0.3 is 0 Å². The number of carbonyl (C=O) groups is 1. The van der Waals surface area contributed by atoms with E-state index in [1.54, 1.807) is 0 Å². The van der Waals surface area contributed by atoms with Crippen LogP contribution in [-0.4, -0.2) is 48.6 Å². The average molecular weight is 267 g/mol. The summed E-state index contributed by atoms with van der Waals surface area (Å²) in [6, 6.07) is 0.974. The first-order valence-electron chi connectivity index (χ1n) is 7.98. The van der Waals surface area contributed by atoms with Gasteiger partial charge in [0.2, 0.25) is 5.91 Å². The summed E-state index contributed by atoms with van der Waals surface area (Å²) >= 11 is 0. The van der Waals surface area contributed by atoms with E-state index in [4.69, 9.17) is 0 Å². The predicted molar refractivity (Wildman–Crippen MR) is 78.1 cm³/mol. The number of carbonyl (C=O) groups excluding carboxylic acids is 1. The van der Waals surface area contributed by atoms with Crippen molar-refractivity contribution in [3.05, 3.63) is 0 Å². The third-order valence-electron chi connectivity index (χ3n) is 4.66. The lowest BCUT2D eigenvalue weighted by Gasteiger charge is -2.25. The Morgan fingerprint density at radius 3 is 2.68 bits per heavy atom. The van der Waals surface area contributed by atoms with E-state index >= 15 is 0 Å². The zero-order valence-electron chi connectivity index (χ0n) is 12.5. The molecule has 1 aliphatic carbocycles. The second kappa shape index (κ2) is 7.25. The third-order valence-corrected chi connectivity index (χ3v) is 4.66. The fourth-order valence-corrected chi connectivity index (χ4v) is 3.34. The van der Waals surface area contributed by atoms with E-state index in [1.807, 2.05) is 6.92 Å². The van der Waals surface area contributed by atoms with Crippen LogP contribution in [-0.2, 0) is 4.79 Å². The second-order valence-corrected chi connectivity index (χ2v) is 6.04. The molecule has 19 heavy (non-hydrogen) atoms. The maximum atomic E-state index is 12.1. The molecule has 2 rings (SSSR count). The maximum Gasteiger partial charge on any atom is 0.237 e. The Hall–Kier alpha value is -0.610. The lowest BCUT2D eigenvalue weighted by atomic mass is 10.2. The molecule has 1 saturated carbocycles. The van der Waals surface area contributed by atoms with Crippen LogP contribution in [0.15, 0.2) is 0 Å². The lowest BCUT2D eigenvalue weighted by Crippen LogP contribution is -2.49. The number of amides is 1. The highest BCUT2D eigenvalue weighted by atomic mass is 16.2. The summed E-state index contributed by atoms with van der Waals surface area (Å²) in [6.07, 6.45) is 7.40. The monoisotopic (exact) mass is 267 g/mol. The van der Waals surface area contributed by atoms with Crippen molar-refractivity contribution < 1.29 is 4.79 Å². The fourth-order valence-electron chi connectivity index (χ4n) is 3.34. The molecule has 0 aromatic rings. The van der Waals surface area contributed by atoms with Gasteiger partial charge in [0.1, 0.15) is 0 Å². The second-order valence-electron chi connectivity index (χ2n) is 6.04. The van der Waals surface area contributed by atoms with Gasteiger partial charge in [0.05, 0.1) is 6.04 Å². The Kier molecular flexibility index (Phi) is 5.64. The van der Waals surface area contributed by atoms with E-state index in [0.29, 0.717) is 12.1 Å². The molecule has 0 unspecified atom stereocenters. The molecule has 1 saturated heterocycles. The van der Waals surface area contributed by atoms with E-state index < -0.39 is 0 Å². The number of likely N-dealkylation sites (N-methyl/N-ethyl adjacent to an activating group) is 1. The molecular formula is C15H29N3O. The van der Waals surface area contributed by atoms with Gasteiger partial charge in [0, 0.05) is 18.6 Å². The minimum absolute atomic E-state index is 0.0695. The van der Waals surface area contributed by atoms with Crippen LogP contribution in [0.2, 0.25) is 0 Å². The highest BCUT2D eigenvalue weighted by Crippen LogP contribution is 2.18. The van der Waals surface area contributed by atoms with Crippen molar-refractivity contribution in [2.24, 2.45) is 0 Å². The molecule has 110 valence electrons. The molecule has 4 heteroatoms. The lowest BCUT2D eigenvalue weighted by molar-refractivity contribution is -0.123. The van der Waals surface area contributed by atoms with Crippen LogP contribution in [0.4, 0.5) is 0 Å². The van der Waals surface area contributed by atoms with Crippen LogP contribution >= 0.6 is 0 Å². The Morgan fingerprint density at radius 2 is 2.00 bits per heavy atom. The van der Waals surface area contributed by atoms with E-state index in [9.17, 15) is 4.79 Å². The van der Waals surface area contributed by atoms with Gasteiger partial charge in [0.15, 0.2) is 0 Å². The van der Waals surface area contributed by atoms with E-state index in [-0.39, 0.29) is 11.9 Å². The van der Waals surface area contributed by atoms with E-state index in [1.165, 1.54) is 32.2 Å². The molecule has 4 nitrogen and oxygen atoms in total. The van der Waals surface area contributed by atoms with Gasteiger partial charge in [-0.25, -0.2) is 0 Å². The molecule has 0 aromatic heterocycles. The van der Waals surface area contributed by atoms with Crippen molar-refractivity contribution >= 4 is 5.91 Å². The molecule has 1 heterocycles. The number of hydrogen-bond donors (Lipinski definition) is 2. The van der Waals surface area contributed by atoms with Crippen LogP contribution < -0.4 is 10.6 Å². The van der Waals surface area contributed by atoms with Crippen LogP contribution in [0.1, 0.15) is 52.4 Å². The topological polar surface area (TPSA) is 44.4 Å². The molecule has 2 fully saturated rings. The zero-order chi connectivity index (χ0) is 13.7. The molecule has 2 aliphatic rings. The molecule has 2 N–H and O–H groups in total. The molecule has 0 spiro atoms. The van der Waals surface area contributed by atoms with E-state index in [0.717, 1.165) is 25.9 Å². The standard InChI is InChI=1S/C15H29N3O/c1-3-18-10-6-9-14(18)11-16-12(2)15(19)17-13-7-4-5-8-13/h12-14,16H,3-11H2,1-2H3,(H,17,19)/t12-,14-/m0/s1. The Bertz CT molecular complexity index is 289. The van der Waals surface area contributed by atoms with Gasteiger partial charge < -0.3 is 10.6 Å². The molecule has 1 amide bonds. The first-order valence-corrected chi connectivity index (χ1v) is 7.98. The number of nitrogens with zero attached hydrogens (tertiary/aromatic N) is 1. The molecule has 0 radical (unpaired) electrons. The SMILES string of the molecule is CCN1CCC[C@H]1CN[C@@H](C)C(=O)NC1CCCC1. The van der Waals surface area contributed by atoms with Crippen LogP contribution in [0.5, 0.6) is 0 Å². The van der Waals surface area contributed by atoms with Crippen molar-refractivity contribution in [2.75, 3.05) is 19.6 Å². The van der Waals surface area contributed by atoms with Gasteiger partial charge in [0.25, 0.3) is 0 Å². The summed E-state index contributed by atoms with van der Waals surface area (Å²) in [5, 5.41) is 6.57. The molecule has 2 atom stereocenters.